The van der Waals surface area contributed by atoms with Crippen molar-refractivity contribution in [2.75, 3.05) is 19.6 Å². The van der Waals surface area contributed by atoms with Crippen molar-refractivity contribution >= 4 is 0 Å². The molecule has 2 aromatic rings. The van der Waals surface area contributed by atoms with Gasteiger partial charge in [-0.2, -0.15) is 5.10 Å². The third-order valence-electron chi connectivity index (χ3n) is 4.74. The van der Waals surface area contributed by atoms with Crippen LogP contribution in [0.3, 0.4) is 0 Å². The molecule has 1 atom stereocenters. The molecule has 1 aromatic heterocycles. The molecular weight excluding hydrogens is 302 g/mol. The van der Waals surface area contributed by atoms with E-state index in [2.05, 4.69) is 42.0 Å². The number of aryl methyl sites for hydroxylation is 2. The Morgan fingerprint density at radius 2 is 2.00 bits per heavy atom. The Hall–Kier alpha value is -1.85. The summed E-state index contributed by atoms with van der Waals surface area (Å²) in [6, 6.07) is 8.17. The van der Waals surface area contributed by atoms with Gasteiger partial charge in [0.15, 0.2) is 0 Å². The van der Waals surface area contributed by atoms with E-state index in [0.29, 0.717) is 13.1 Å². The zero-order valence-electron chi connectivity index (χ0n) is 14.6. The van der Waals surface area contributed by atoms with Crippen LogP contribution >= 0.6 is 0 Å². The molecule has 0 bridgehead atoms. The molecule has 1 N–H and O–H groups in total. The molecule has 2 heterocycles. The Morgan fingerprint density at radius 3 is 2.67 bits per heavy atom. The van der Waals surface area contributed by atoms with Gasteiger partial charge < -0.3 is 14.7 Å². The summed E-state index contributed by atoms with van der Waals surface area (Å²) in [5.74, 6) is 0.968. The van der Waals surface area contributed by atoms with Crippen LogP contribution in [0.5, 0.6) is 5.75 Å². The van der Waals surface area contributed by atoms with Gasteiger partial charge in [-0.3, -0.25) is 4.68 Å². The molecule has 1 fully saturated rings. The van der Waals surface area contributed by atoms with Gasteiger partial charge in [0, 0.05) is 32.0 Å². The van der Waals surface area contributed by atoms with E-state index in [1.807, 2.05) is 12.3 Å². The second-order valence-corrected chi connectivity index (χ2v) is 6.75. The minimum atomic E-state index is -0.387. The summed E-state index contributed by atoms with van der Waals surface area (Å²) in [6.07, 6.45) is 5.51. The molecule has 5 nitrogen and oxygen atoms in total. The molecular formula is C19H27N3O2. The number of aromatic nitrogens is 2. The molecule has 1 aliphatic rings. The van der Waals surface area contributed by atoms with E-state index in [-0.39, 0.29) is 12.2 Å². The fourth-order valence-corrected chi connectivity index (χ4v) is 3.17. The molecule has 1 aliphatic heterocycles. The smallest absolute Gasteiger partial charge is 0.120 e. The predicted molar refractivity (Wildman–Crippen MR) is 94.2 cm³/mol. The minimum Gasteiger partial charge on any atom is -0.490 e. The lowest BCUT2D eigenvalue weighted by Gasteiger charge is -2.33. The van der Waals surface area contributed by atoms with Crippen molar-refractivity contribution in [2.24, 2.45) is 0 Å². The highest BCUT2D eigenvalue weighted by Gasteiger charge is 2.22. The van der Waals surface area contributed by atoms with Crippen molar-refractivity contribution in [1.82, 2.24) is 14.7 Å². The molecule has 130 valence electrons. The van der Waals surface area contributed by atoms with Crippen LogP contribution < -0.4 is 4.74 Å². The standard InChI is InChI=1S/C19H27N3O2/c1-15-4-5-19(12-16(15)2)24-18-6-10-21(11-7-18)13-17(23)14-22-9-3-8-20-22/h3-5,8-9,12,17-18,23H,6-7,10-11,13-14H2,1-2H3/t17-/m1/s1. The van der Waals surface area contributed by atoms with Crippen molar-refractivity contribution in [1.29, 1.82) is 0 Å². The normalized spacial score (nSPS) is 17.8. The van der Waals surface area contributed by atoms with Crippen LogP contribution in [0.1, 0.15) is 24.0 Å². The third-order valence-corrected chi connectivity index (χ3v) is 4.74. The first kappa shape index (κ1) is 17.0. The quantitative estimate of drug-likeness (QED) is 0.884. The van der Waals surface area contributed by atoms with Gasteiger partial charge in [-0.05, 0) is 56.0 Å². The Morgan fingerprint density at radius 1 is 1.21 bits per heavy atom. The van der Waals surface area contributed by atoms with E-state index in [1.54, 1.807) is 10.9 Å². The number of piperidine rings is 1. The average Bonchev–Trinajstić information content (AvgIpc) is 3.06. The maximum absolute atomic E-state index is 10.2. The first-order chi connectivity index (χ1) is 11.6. The molecule has 0 radical (unpaired) electrons. The number of likely N-dealkylation sites (tertiary alicyclic amines) is 1. The Balaban J connectivity index is 1.42. The van der Waals surface area contributed by atoms with E-state index in [1.165, 1.54) is 11.1 Å². The molecule has 0 aliphatic carbocycles. The lowest BCUT2D eigenvalue weighted by molar-refractivity contribution is 0.0534. The van der Waals surface area contributed by atoms with Crippen LogP contribution in [-0.2, 0) is 6.54 Å². The Kier molecular flexibility index (Phi) is 5.53. The fourth-order valence-electron chi connectivity index (χ4n) is 3.17. The van der Waals surface area contributed by atoms with Gasteiger partial charge in [0.25, 0.3) is 0 Å². The molecule has 3 rings (SSSR count). The monoisotopic (exact) mass is 329 g/mol. The van der Waals surface area contributed by atoms with E-state index < -0.39 is 0 Å². The lowest BCUT2D eigenvalue weighted by Crippen LogP contribution is -2.42. The summed E-state index contributed by atoms with van der Waals surface area (Å²) < 4.78 is 7.90. The Bertz CT molecular complexity index is 634. The highest BCUT2D eigenvalue weighted by atomic mass is 16.5. The summed E-state index contributed by atoms with van der Waals surface area (Å²) in [4.78, 5) is 2.31. The van der Waals surface area contributed by atoms with E-state index in [9.17, 15) is 5.11 Å². The predicted octanol–water partition coefficient (Wildman–Crippen LogP) is 2.40. The zero-order chi connectivity index (χ0) is 16.9. The van der Waals surface area contributed by atoms with Crippen molar-refractivity contribution in [3.63, 3.8) is 0 Å². The summed E-state index contributed by atoms with van der Waals surface area (Å²) >= 11 is 0. The second-order valence-electron chi connectivity index (χ2n) is 6.75. The van der Waals surface area contributed by atoms with Gasteiger partial charge in [-0.1, -0.05) is 6.07 Å². The topological polar surface area (TPSA) is 50.5 Å². The van der Waals surface area contributed by atoms with Crippen molar-refractivity contribution in [3.8, 4) is 5.75 Å². The van der Waals surface area contributed by atoms with Crippen LogP contribution in [0.25, 0.3) is 0 Å². The zero-order valence-corrected chi connectivity index (χ0v) is 14.6. The van der Waals surface area contributed by atoms with Gasteiger partial charge in [-0.25, -0.2) is 0 Å². The number of benzene rings is 1. The Labute approximate surface area is 143 Å². The summed E-state index contributed by atoms with van der Waals surface area (Å²) in [6.45, 7) is 7.40. The van der Waals surface area contributed by atoms with Gasteiger partial charge in [0.2, 0.25) is 0 Å². The van der Waals surface area contributed by atoms with Gasteiger partial charge in [0.05, 0.1) is 12.6 Å². The molecule has 0 amide bonds. The largest absolute Gasteiger partial charge is 0.490 e. The molecule has 0 unspecified atom stereocenters. The fraction of sp³-hybridized carbons (Fsp3) is 0.526. The van der Waals surface area contributed by atoms with E-state index in [0.717, 1.165) is 31.7 Å². The third kappa shape index (κ3) is 4.58. The van der Waals surface area contributed by atoms with Gasteiger partial charge >= 0.3 is 0 Å². The molecule has 24 heavy (non-hydrogen) atoms. The maximum Gasteiger partial charge on any atom is 0.120 e. The molecule has 0 saturated carbocycles. The van der Waals surface area contributed by atoms with Crippen molar-refractivity contribution in [2.45, 2.75) is 45.4 Å². The van der Waals surface area contributed by atoms with Crippen molar-refractivity contribution < 1.29 is 9.84 Å². The number of hydrogen-bond donors (Lipinski definition) is 1. The van der Waals surface area contributed by atoms with Gasteiger partial charge in [-0.15, -0.1) is 0 Å². The number of nitrogens with zero attached hydrogens (tertiary/aromatic N) is 3. The molecule has 1 aromatic carbocycles. The average molecular weight is 329 g/mol. The number of β-amino-alcohol motifs (C(OH)–C–C–N with tert-alkyl or cyclic N) is 1. The number of aliphatic hydroxyl groups is 1. The van der Waals surface area contributed by atoms with E-state index in [4.69, 9.17) is 4.74 Å². The summed E-state index contributed by atoms with van der Waals surface area (Å²) in [7, 11) is 0. The molecule has 5 heteroatoms. The number of rotatable bonds is 6. The highest BCUT2D eigenvalue weighted by molar-refractivity contribution is 5.33. The van der Waals surface area contributed by atoms with Gasteiger partial charge in [0.1, 0.15) is 11.9 Å². The maximum atomic E-state index is 10.2. The highest BCUT2D eigenvalue weighted by Crippen LogP contribution is 2.21. The van der Waals surface area contributed by atoms with Crippen LogP contribution in [0, 0.1) is 13.8 Å². The van der Waals surface area contributed by atoms with Crippen LogP contribution in [-0.4, -0.2) is 51.6 Å². The first-order valence-electron chi connectivity index (χ1n) is 8.72. The SMILES string of the molecule is Cc1ccc(OC2CCN(C[C@@H](O)Cn3cccn3)CC2)cc1C. The number of hydrogen-bond acceptors (Lipinski definition) is 4. The van der Waals surface area contributed by atoms with Crippen LogP contribution in [0.2, 0.25) is 0 Å². The van der Waals surface area contributed by atoms with Crippen LogP contribution in [0.15, 0.2) is 36.7 Å². The van der Waals surface area contributed by atoms with Crippen molar-refractivity contribution in [3.05, 3.63) is 47.8 Å². The van der Waals surface area contributed by atoms with E-state index >= 15 is 0 Å². The number of ether oxygens (including phenoxy) is 1. The molecule has 0 spiro atoms. The first-order valence-corrected chi connectivity index (χ1v) is 8.72. The summed E-state index contributed by atoms with van der Waals surface area (Å²) in [5, 5.41) is 14.3. The summed E-state index contributed by atoms with van der Waals surface area (Å²) in [5.41, 5.74) is 2.56. The minimum absolute atomic E-state index is 0.270. The number of aliphatic hydroxyl groups excluding tert-OH is 1. The molecule has 1 saturated heterocycles. The second kappa shape index (κ2) is 7.81. The lowest BCUT2D eigenvalue weighted by atomic mass is 10.1. The van der Waals surface area contributed by atoms with Crippen LogP contribution in [0.4, 0.5) is 0 Å².